The summed E-state index contributed by atoms with van der Waals surface area (Å²) in [4.78, 5) is 9.15. The van der Waals surface area contributed by atoms with E-state index in [9.17, 15) is 0 Å². The predicted molar refractivity (Wildman–Crippen MR) is 128 cm³/mol. The Bertz CT molecular complexity index is 878. The number of aromatic nitrogens is 2. The number of hydrogen-bond acceptors (Lipinski definition) is 3. The molecule has 3 aromatic rings. The highest BCUT2D eigenvalue weighted by Gasteiger charge is 2.05. The lowest BCUT2D eigenvalue weighted by molar-refractivity contribution is 0.414. The van der Waals surface area contributed by atoms with Crippen LogP contribution in [0.1, 0.15) is 23.9 Å². The fourth-order valence-electron chi connectivity index (χ4n) is 2.84. The summed E-state index contributed by atoms with van der Waals surface area (Å²) in [6.07, 6.45) is 3.84. The summed E-state index contributed by atoms with van der Waals surface area (Å²) in [7, 11) is 1.67. The second-order valence-electron chi connectivity index (χ2n) is 6.35. The molecule has 154 valence electrons. The first-order valence-electron chi connectivity index (χ1n) is 9.47. The molecule has 0 aliphatic rings. The van der Waals surface area contributed by atoms with Gasteiger partial charge >= 0.3 is 0 Å². The highest BCUT2D eigenvalue weighted by molar-refractivity contribution is 14.0. The van der Waals surface area contributed by atoms with Gasteiger partial charge in [-0.05, 0) is 30.2 Å². The number of hydrogen-bond donors (Lipinski definition) is 2. The van der Waals surface area contributed by atoms with Crippen LogP contribution in [0.2, 0.25) is 0 Å². The minimum Gasteiger partial charge on any atom is -0.497 e. The van der Waals surface area contributed by atoms with Crippen LogP contribution in [-0.2, 0) is 19.6 Å². The van der Waals surface area contributed by atoms with E-state index in [0.717, 1.165) is 36.2 Å². The Morgan fingerprint density at radius 3 is 2.48 bits per heavy atom. The molecule has 0 radical (unpaired) electrons. The summed E-state index contributed by atoms with van der Waals surface area (Å²) >= 11 is 0. The number of halogens is 1. The van der Waals surface area contributed by atoms with Crippen LogP contribution < -0.4 is 15.4 Å². The number of aliphatic imine (C=N–C) groups is 1. The fourth-order valence-corrected chi connectivity index (χ4v) is 2.84. The van der Waals surface area contributed by atoms with Crippen LogP contribution in [-0.4, -0.2) is 29.2 Å². The second-order valence-corrected chi connectivity index (χ2v) is 6.35. The summed E-state index contributed by atoms with van der Waals surface area (Å²) in [5.41, 5.74) is 2.38. The number of methoxy groups -OCH3 is 1. The molecular weight excluding hydrogens is 477 g/mol. The standard InChI is InChI=1S/C22H27N5O.HI/c1-3-23-22(25-15-18-9-11-20(28-2)12-10-18)26-16-21-24-13-14-27(21)17-19-7-5-4-6-8-19;/h4-14H,3,15-17H2,1-2H3,(H2,23,25,26);1H. The third kappa shape index (κ3) is 7.08. The first kappa shape index (κ1) is 22.7. The SMILES string of the molecule is CCNC(=NCc1ccc(OC)cc1)NCc1nccn1Cc1ccccc1.I. The van der Waals surface area contributed by atoms with Gasteiger partial charge in [0.2, 0.25) is 0 Å². The van der Waals surface area contributed by atoms with E-state index in [4.69, 9.17) is 4.74 Å². The molecule has 3 rings (SSSR count). The van der Waals surface area contributed by atoms with Gasteiger partial charge in [0.05, 0.1) is 20.2 Å². The van der Waals surface area contributed by atoms with Crippen molar-refractivity contribution in [3.63, 3.8) is 0 Å². The van der Waals surface area contributed by atoms with E-state index in [1.165, 1.54) is 5.56 Å². The van der Waals surface area contributed by atoms with Crippen LogP contribution in [0.25, 0.3) is 0 Å². The molecule has 1 heterocycles. The Hall–Kier alpha value is -2.55. The largest absolute Gasteiger partial charge is 0.497 e. The Morgan fingerprint density at radius 2 is 1.79 bits per heavy atom. The maximum absolute atomic E-state index is 5.20. The minimum atomic E-state index is 0. The van der Waals surface area contributed by atoms with Gasteiger partial charge in [-0.25, -0.2) is 9.98 Å². The Morgan fingerprint density at radius 1 is 1.03 bits per heavy atom. The van der Waals surface area contributed by atoms with Gasteiger partial charge in [0, 0.05) is 25.5 Å². The van der Waals surface area contributed by atoms with Crippen LogP contribution in [0, 0.1) is 0 Å². The van der Waals surface area contributed by atoms with Gasteiger partial charge in [0.1, 0.15) is 11.6 Å². The summed E-state index contributed by atoms with van der Waals surface area (Å²) in [5, 5.41) is 6.66. The van der Waals surface area contributed by atoms with Gasteiger partial charge in [-0.15, -0.1) is 24.0 Å². The third-order valence-corrected chi connectivity index (χ3v) is 4.33. The predicted octanol–water partition coefficient (Wildman–Crippen LogP) is 3.81. The number of benzene rings is 2. The molecule has 0 spiro atoms. The van der Waals surface area contributed by atoms with E-state index >= 15 is 0 Å². The van der Waals surface area contributed by atoms with Crippen molar-refractivity contribution in [3.8, 4) is 5.75 Å². The lowest BCUT2D eigenvalue weighted by Gasteiger charge is -2.13. The summed E-state index contributed by atoms with van der Waals surface area (Å²) in [6, 6.07) is 18.3. The van der Waals surface area contributed by atoms with Crippen molar-refractivity contribution in [1.29, 1.82) is 0 Å². The van der Waals surface area contributed by atoms with E-state index in [1.54, 1.807) is 7.11 Å². The van der Waals surface area contributed by atoms with E-state index in [0.29, 0.717) is 13.1 Å². The number of nitrogens with one attached hydrogen (secondary N) is 2. The summed E-state index contributed by atoms with van der Waals surface area (Å²) in [5.74, 6) is 2.59. The van der Waals surface area contributed by atoms with Crippen LogP contribution in [0.5, 0.6) is 5.75 Å². The van der Waals surface area contributed by atoms with Gasteiger partial charge in [0.25, 0.3) is 0 Å². The number of guanidine groups is 1. The smallest absolute Gasteiger partial charge is 0.191 e. The number of imidazole rings is 1. The van der Waals surface area contributed by atoms with Crippen molar-refractivity contribution in [2.45, 2.75) is 26.6 Å². The normalized spacial score (nSPS) is 10.9. The van der Waals surface area contributed by atoms with Crippen molar-refractivity contribution in [1.82, 2.24) is 20.2 Å². The molecule has 0 fully saturated rings. The van der Waals surface area contributed by atoms with Gasteiger partial charge in [-0.3, -0.25) is 0 Å². The van der Waals surface area contributed by atoms with Crippen LogP contribution in [0.4, 0.5) is 0 Å². The zero-order valence-corrected chi connectivity index (χ0v) is 19.2. The maximum Gasteiger partial charge on any atom is 0.191 e. The van der Waals surface area contributed by atoms with E-state index in [1.807, 2.05) is 42.7 Å². The van der Waals surface area contributed by atoms with Crippen molar-refractivity contribution in [3.05, 3.63) is 83.9 Å². The van der Waals surface area contributed by atoms with Crippen LogP contribution in [0.15, 0.2) is 72.0 Å². The van der Waals surface area contributed by atoms with Gasteiger partial charge in [-0.2, -0.15) is 0 Å². The molecule has 29 heavy (non-hydrogen) atoms. The highest BCUT2D eigenvalue weighted by atomic mass is 127. The average Bonchev–Trinajstić information content (AvgIpc) is 3.18. The molecule has 0 saturated carbocycles. The lowest BCUT2D eigenvalue weighted by atomic mass is 10.2. The molecule has 6 nitrogen and oxygen atoms in total. The molecule has 0 saturated heterocycles. The van der Waals surface area contributed by atoms with Gasteiger partial charge in [-0.1, -0.05) is 42.5 Å². The lowest BCUT2D eigenvalue weighted by Crippen LogP contribution is -2.37. The van der Waals surface area contributed by atoms with E-state index in [2.05, 4.69) is 56.4 Å². The zero-order chi connectivity index (χ0) is 19.6. The van der Waals surface area contributed by atoms with E-state index < -0.39 is 0 Å². The monoisotopic (exact) mass is 505 g/mol. The molecule has 0 unspecified atom stereocenters. The third-order valence-electron chi connectivity index (χ3n) is 4.33. The molecule has 0 amide bonds. The molecule has 0 bridgehead atoms. The molecule has 0 atom stereocenters. The van der Waals surface area contributed by atoms with Gasteiger partial charge in [0.15, 0.2) is 5.96 Å². The average molecular weight is 505 g/mol. The summed E-state index contributed by atoms with van der Waals surface area (Å²) in [6.45, 7) is 4.86. The topological polar surface area (TPSA) is 63.5 Å². The fraction of sp³-hybridized carbons (Fsp3) is 0.273. The van der Waals surface area contributed by atoms with Crippen LogP contribution in [0.3, 0.4) is 0 Å². The van der Waals surface area contributed by atoms with Crippen molar-refractivity contribution in [2.24, 2.45) is 4.99 Å². The zero-order valence-electron chi connectivity index (χ0n) is 16.8. The molecule has 2 N–H and O–H groups in total. The first-order valence-corrected chi connectivity index (χ1v) is 9.47. The molecule has 0 aliphatic heterocycles. The maximum atomic E-state index is 5.20. The number of rotatable bonds is 8. The molecular formula is C22H28IN5O. The van der Waals surface area contributed by atoms with E-state index in [-0.39, 0.29) is 24.0 Å². The molecule has 2 aromatic carbocycles. The molecule has 7 heteroatoms. The Balaban J connectivity index is 0.00000300. The van der Waals surface area contributed by atoms with Crippen LogP contribution >= 0.6 is 24.0 Å². The number of ether oxygens (including phenoxy) is 1. The molecule has 1 aromatic heterocycles. The summed E-state index contributed by atoms with van der Waals surface area (Å²) < 4.78 is 7.35. The molecule has 0 aliphatic carbocycles. The quantitative estimate of drug-likeness (QED) is 0.278. The Labute approximate surface area is 189 Å². The minimum absolute atomic E-state index is 0. The second kappa shape index (κ2) is 12.1. The van der Waals surface area contributed by atoms with Crippen molar-refractivity contribution in [2.75, 3.05) is 13.7 Å². The van der Waals surface area contributed by atoms with Crippen molar-refractivity contribution < 1.29 is 4.74 Å². The number of nitrogens with zero attached hydrogens (tertiary/aromatic N) is 3. The van der Waals surface area contributed by atoms with Gasteiger partial charge < -0.3 is 19.9 Å². The Kier molecular flexibility index (Phi) is 9.49. The highest BCUT2D eigenvalue weighted by Crippen LogP contribution is 2.12. The first-order chi connectivity index (χ1) is 13.8. The van der Waals surface area contributed by atoms with Crippen molar-refractivity contribution >= 4 is 29.9 Å².